The van der Waals surface area contributed by atoms with Gasteiger partial charge in [0, 0.05) is 19.5 Å². The van der Waals surface area contributed by atoms with E-state index in [0.29, 0.717) is 38.8 Å². The number of sulfone groups is 1. The van der Waals surface area contributed by atoms with Crippen LogP contribution in [-0.2, 0) is 21.1 Å². The molecular weight excluding hydrogens is 461 g/mol. The van der Waals surface area contributed by atoms with Crippen molar-refractivity contribution in [3.63, 3.8) is 0 Å². The van der Waals surface area contributed by atoms with Crippen molar-refractivity contribution >= 4 is 31.7 Å². The SMILES string of the molecule is COc1ccc(CCC(=O)N2CCC(S(=O)(=O)c3ccc(F)cc3)CC2)cc1Br. The molecule has 0 aliphatic carbocycles. The van der Waals surface area contributed by atoms with E-state index >= 15 is 0 Å². The Morgan fingerprint density at radius 1 is 1.17 bits per heavy atom. The van der Waals surface area contributed by atoms with Gasteiger partial charge in [0.05, 0.1) is 21.7 Å². The number of methoxy groups -OCH3 is 1. The third-order valence-electron chi connectivity index (χ3n) is 5.22. The van der Waals surface area contributed by atoms with Gasteiger partial charge in [-0.1, -0.05) is 6.07 Å². The summed E-state index contributed by atoms with van der Waals surface area (Å²) in [6, 6.07) is 10.6. The number of nitrogens with zero attached hydrogens (tertiary/aromatic N) is 1. The van der Waals surface area contributed by atoms with Crippen LogP contribution in [-0.4, -0.2) is 44.7 Å². The second-order valence-corrected chi connectivity index (χ2v) is 10.1. The number of rotatable bonds is 6. The molecule has 0 N–H and O–H groups in total. The largest absolute Gasteiger partial charge is 0.496 e. The molecule has 1 aliphatic heterocycles. The molecule has 0 radical (unpaired) electrons. The molecule has 0 saturated carbocycles. The van der Waals surface area contributed by atoms with Crippen LogP contribution in [0.25, 0.3) is 0 Å². The molecule has 156 valence electrons. The van der Waals surface area contributed by atoms with E-state index in [9.17, 15) is 17.6 Å². The number of piperidine rings is 1. The zero-order valence-corrected chi connectivity index (χ0v) is 18.5. The van der Waals surface area contributed by atoms with Gasteiger partial charge < -0.3 is 9.64 Å². The molecule has 0 atom stereocenters. The van der Waals surface area contributed by atoms with Gasteiger partial charge >= 0.3 is 0 Å². The van der Waals surface area contributed by atoms with Crippen LogP contribution >= 0.6 is 15.9 Å². The predicted octanol–water partition coefficient (Wildman–Crippen LogP) is 3.99. The summed E-state index contributed by atoms with van der Waals surface area (Å²) >= 11 is 3.44. The van der Waals surface area contributed by atoms with E-state index < -0.39 is 20.9 Å². The fraction of sp³-hybridized carbons (Fsp3) is 0.381. The predicted molar refractivity (Wildman–Crippen MR) is 112 cm³/mol. The smallest absolute Gasteiger partial charge is 0.222 e. The summed E-state index contributed by atoms with van der Waals surface area (Å²) in [6.07, 6.45) is 1.75. The normalized spacial score (nSPS) is 15.3. The molecule has 8 heteroatoms. The molecule has 0 spiro atoms. The van der Waals surface area contributed by atoms with Gasteiger partial charge in [-0.15, -0.1) is 0 Å². The van der Waals surface area contributed by atoms with Gasteiger partial charge in [-0.3, -0.25) is 4.79 Å². The summed E-state index contributed by atoms with van der Waals surface area (Å²) in [6.45, 7) is 0.826. The summed E-state index contributed by atoms with van der Waals surface area (Å²) < 4.78 is 44.6. The maximum atomic E-state index is 13.1. The quantitative estimate of drug-likeness (QED) is 0.582. The molecule has 1 heterocycles. The van der Waals surface area contributed by atoms with Gasteiger partial charge in [0.2, 0.25) is 5.91 Å². The van der Waals surface area contributed by atoms with Gasteiger partial charge in [0.25, 0.3) is 0 Å². The van der Waals surface area contributed by atoms with E-state index in [1.54, 1.807) is 12.0 Å². The average molecular weight is 484 g/mol. The molecule has 29 heavy (non-hydrogen) atoms. The summed E-state index contributed by atoms with van der Waals surface area (Å²) in [5.41, 5.74) is 1.03. The molecule has 0 aromatic heterocycles. The molecule has 1 aliphatic rings. The van der Waals surface area contributed by atoms with Gasteiger partial charge in [-0.2, -0.15) is 0 Å². The number of carbonyl (C=O) groups excluding carboxylic acids is 1. The summed E-state index contributed by atoms with van der Waals surface area (Å²) in [5.74, 6) is 0.298. The number of aryl methyl sites for hydroxylation is 1. The first-order valence-corrected chi connectivity index (χ1v) is 11.7. The van der Waals surface area contributed by atoms with E-state index in [0.717, 1.165) is 27.9 Å². The minimum absolute atomic E-state index is 0.0228. The fourth-order valence-corrected chi connectivity index (χ4v) is 5.83. The van der Waals surface area contributed by atoms with E-state index in [2.05, 4.69) is 15.9 Å². The van der Waals surface area contributed by atoms with E-state index in [-0.39, 0.29) is 10.8 Å². The summed E-state index contributed by atoms with van der Waals surface area (Å²) in [5, 5.41) is -0.547. The van der Waals surface area contributed by atoms with Crippen molar-refractivity contribution in [2.45, 2.75) is 35.8 Å². The van der Waals surface area contributed by atoms with Crippen molar-refractivity contribution in [3.05, 3.63) is 58.3 Å². The number of hydrogen-bond donors (Lipinski definition) is 0. The lowest BCUT2D eigenvalue weighted by Gasteiger charge is -2.32. The lowest BCUT2D eigenvalue weighted by atomic mass is 10.1. The summed E-state index contributed by atoms with van der Waals surface area (Å²) in [7, 11) is -1.92. The third-order valence-corrected chi connectivity index (χ3v) is 8.12. The minimum Gasteiger partial charge on any atom is -0.496 e. The van der Waals surface area contributed by atoms with E-state index in [1.807, 2.05) is 18.2 Å². The Hall–Kier alpha value is -1.93. The van der Waals surface area contributed by atoms with Crippen LogP contribution in [0.2, 0.25) is 0 Å². The molecule has 1 saturated heterocycles. The Labute approximate surface area is 178 Å². The third kappa shape index (κ3) is 5.17. The second kappa shape index (κ2) is 9.26. The van der Waals surface area contributed by atoms with Gasteiger partial charge in [-0.25, -0.2) is 12.8 Å². The zero-order valence-electron chi connectivity index (χ0n) is 16.1. The molecule has 1 amide bonds. The molecule has 2 aromatic rings. The Kier molecular flexibility index (Phi) is 6.95. The van der Waals surface area contributed by atoms with Crippen molar-refractivity contribution in [1.82, 2.24) is 4.90 Å². The Balaban J connectivity index is 1.54. The topological polar surface area (TPSA) is 63.7 Å². The van der Waals surface area contributed by atoms with Crippen LogP contribution in [0.4, 0.5) is 4.39 Å². The minimum atomic E-state index is -3.52. The molecule has 0 unspecified atom stereocenters. The monoisotopic (exact) mass is 483 g/mol. The van der Waals surface area contributed by atoms with Crippen molar-refractivity contribution < 1.29 is 22.3 Å². The Bertz CT molecular complexity index is 971. The molecular formula is C21H23BrFNO4S. The molecule has 5 nitrogen and oxygen atoms in total. The number of carbonyl (C=O) groups is 1. The van der Waals surface area contributed by atoms with Gasteiger partial charge in [0.1, 0.15) is 11.6 Å². The number of benzene rings is 2. The van der Waals surface area contributed by atoms with Crippen LogP contribution in [0, 0.1) is 5.82 Å². The number of hydrogen-bond acceptors (Lipinski definition) is 4. The number of likely N-dealkylation sites (tertiary alicyclic amines) is 1. The maximum Gasteiger partial charge on any atom is 0.222 e. The van der Waals surface area contributed by atoms with E-state index in [4.69, 9.17) is 4.74 Å². The highest BCUT2D eigenvalue weighted by molar-refractivity contribution is 9.10. The highest BCUT2D eigenvalue weighted by Gasteiger charge is 2.32. The first-order valence-electron chi connectivity index (χ1n) is 9.41. The van der Waals surface area contributed by atoms with Crippen LogP contribution in [0.1, 0.15) is 24.8 Å². The van der Waals surface area contributed by atoms with Crippen LogP contribution < -0.4 is 4.74 Å². The summed E-state index contributed by atoms with van der Waals surface area (Å²) in [4.78, 5) is 14.4. The molecule has 2 aromatic carbocycles. The lowest BCUT2D eigenvalue weighted by Crippen LogP contribution is -2.42. The van der Waals surface area contributed by atoms with Crippen LogP contribution in [0.5, 0.6) is 5.75 Å². The Morgan fingerprint density at radius 3 is 2.41 bits per heavy atom. The highest BCUT2D eigenvalue weighted by atomic mass is 79.9. The standard InChI is InChI=1S/C21H23BrFNO4S/c1-28-20-8-2-15(14-19(20)22)3-9-21(25)24-12-10-18(11-13-24)29(26,27)17-6-4-16(23)5-7-17/h2,4-8,14,18H,3,9-13H2,1H3. The molecule has 1 fully saturated rings. The van der Waals surface area contributed by atoms with Crippen LogP contribution in [0.3, 0.4) is 0 Å². The number of ether oxygens (including phenoxy) is 1. The first-order chi connectivity index (χ1) is 13.8. The number of amides is 1. The average Bonchev–Trinajstić information content (AvgIpc) is 2.72. The number of halogens is 2. The van der Waals surface area contributed by atoms with Crippen molar-refractivity contribution in [1.29, 1.82) is 0 Å². The lowest BCUT2D eigenvalue weighted by molar-refractivity contribution is -0.132. The fourth-order valence-electron chi connectivity index (χ4n) is 3.51. The molecule has 3 rings (SSSR count). The Morgan fingerprint density at radius 2 is 1.83 bits per heavy atom. The van der Waals surface area contributed by atoms with Gasteiger partial charge in [-0.05, 0) is 77.2 Å². The first kappa shape index (κ1) is 21.8. The maximum absolute atomic E-state index is 13.1. The van der Waals surface area contributed by atoms with Crippen molar-refractivity contribution in [3.8, 4) is 5.75 Å². The van der Waals surface area contributed by atoms with Crippen molar-refractivity contribution in [2.75, 3.05) is 20.2 Å². The van der Waals surface area contributed by atoms with E-state index in [1.165, 1.54) is 12.1 Å². The van der Waals surface area contributed by atoms with Crippen molar-refractivity contribution in [2.24, 2.45) is 0 Å². The molecule has 0 bridgehead atoms. The van der Waals surface area contributed by atoms with Crippen LogP contribution in [0.15, 0.2) is 51.8 Å². The van der Waals surface area contributed by atoms with Gasteiger partial charge in [0.15, 0.2) is 9.84 Å². The highest BCUT2D eigenvalue weighted by Crippen LogP contribution is 2.27. The zero-order chi connectivity index (χ0) is 21.0. The second-order valence-electron chi connectivity index (χ2n) is 7.05.